The van der Waals surface area contributed by atoms with Crippen LogP contribution < -0.4 is 19.5 Å². The largest absolute Gasteiger partial charge is 0.493 e. The molecule has 3 aromatic carbocycles. The molecule has 0 spiro atoms. The molecule has 0 aliphatic carbocycles. The molecule has 5 rings (SSSR count). The van der Waals surface area contributed by atoms with Crippen LogP contribution in [-0.2, 0) is 19.8 Å². The van der Waals surface area contributed by atoms with Crippen LogP contribution in [0.1, 0.15) is 47.1 Å². The number of nitriles is 1. The molecule has 0 radical (unpaired) electrons. The molecule has 0 unspecified atom stereocenters. The van der Waals surface area contributed by atoms with Crippen LogP contribution in [0.15, 0.2) is 67.0 Å². The molecule has 3 N–H and O–H groups in total. The maximum atomic E-state index is 9.52. The fourth-order valence-corrected chi connectivity index (χ4v) is 6.31. The second-order valence-corrected chi connectivity index (χ2v) is 12.8. The Balaban J connectivity index is 1.31. The zero-order valence-electron chi connectivity index (χ0n) is 27.6. The number of nitrogens with one attached hydrogen (secondary N) is 1. The van der Waals surface area contributed by atoms with Crippen LogP contribution in [0.25, 0.3) is 11.1 Å². The second-order valence-electron chi connectivity index (χ2n) is 12.1. The lowest BCUT2D eigenvalue weighted by molar-refractivity contribution is 0.170. The van der Waals surface area contributed by atoms with E-state index in [4.69, 9.17) is 37.4 Å². The van der Waals surface area contributed by atoms with Gasteiger partial charge < -0.3 is 34.6 Å². The minimum Gasteiger partial charge on any atom is -0.493 e. The minimum atomic E-state index is -0.510. The first-order valence-electron chi connectivity index (χ1n) is 16.5. The van der Waals surface area contributed by atoms with Crippen molar-refractivity contribution in [3.63, 3.8) is 0 Å². The van der Waals surface area contributed by atoms with Gasteiger partial charge in [-0.1, -0.05) is 53.5 Å². The maximum absolute atomic E-state index is 9.52. The van der Waals surface area contributed by atoms with Gasteiger partial charge in [0.2, 0.25) is 0 Å². The van der Waals surface area contributed by atoms with E-state index in [1.165, 1.54) is 32.1 Å². The summed E-state index contributed by atoms with van der Waals surface area (Å²) in [5.41, 5.74) is 5.53. The van der Waals surface area contributed by atoms with Gasteiger partial charge in [0.1, 0.15) is 36.5 Å². The summed E-state index contributed by atoms with van der Waals surface area (Å²) in [5, 5.41) is 32.3. The fourth-order valence-electron chi connectivity index (χ4n) is 5.78. The first-order valence-corrected chi connectivity index (χ1v) is 17.3. The summed E-state index contributed by atoms with van der Waals surface area (Å²) in [5.74, 6) is 1.73. The van der Waals surface area contributed by atoms with Crippen molar-refractivity contribution in [3.8, 4) is 34.4 Å². The number of aliphatic hydroxyl groups is 2. The highest BCUT2D eigenvalue weighted by atomic mass is 35.5. The van der Waals surface area contributed by atoms with Gasteiger partial charge in [-0.2, -0.15) is 5.26 Å². The molecule has 0 bridgehead atoms. The Morgan fingerprint density at radius 3 is 2.43 bits per heavy atom. The van der Waals surface area contributed by atoms with Gasteiger partial charge in [0, 0.05) is 53.8 Å². The van der Waals surface area contributed by atoms with E-state index < -0.39 is 6.04 Å². The summed E-state index contributed by atoms with van der Waals surface area (Å²) in [4.78, 5) is 6.60. The lowest BCUT2D eigenvalue weighted by Gasteiger charge is -2.19. The first-order chi connectivity index (χ1) is 23.9. The lowest BCUT2D eigenvalue weighted by atomic mass is 9.98. The summed E-state index contributed by atoms with van der Waals surface area (Å²) in [6, 6.07) is 18.6. The number of pyridine rings is 1. The van der Waals surface area contributed by atoms with Crippen LogP contribution in [0.3, 0.4) is 0 Å². The molecule has 1 aromatic heterocycles. The van der Waals surface area contributed by atoms with E-state index in [2.05, 4.69) is 28.2 Å². The highest BCUT2D eigenvalue weighted by molar-refractivity contribution is 6.34. The zero-order valence-corrected chi connectivity index (χ0v) is 29.1. The third kappa shape index (κ3) is 9.86. The molecule has 0 atom stereocenters. The molecule has 1 saturated heterocycles. The van der Waals surface area contributed by atoms with Crippen LogP contribution in [0.4, 0.5) is 0 Å². The molecule has 1 aliphatic heterocycles. The second kappa shape index (κ2) is 18.2. The molecular weight excluding hydrogens is 663 g/mol. The first kappa shape index (κ1) is 36.4. The van der Waals surface area contributed by atoms with Gasteiger partial charge >= 0.3 is 0 Å². The van der Waals surface area contributed by atoms with Gasteiger partial charge in [0.15, 0.2) is 0 Å². The molecule has 49 heavy (non-hydrogen) atoms. The molecule has 9 nitrogen and oxygen atoms in total. The quantitative estimate of drug-likeness (QED) is 0.103. The van der Waals surface area contributed by atoms with E-state index >= 15 is 0 Å². The Morgan fingerprint density at radius 2 is 1.65 bits per heavy atom. The van der Waals surface area contributed by atoms with E-state index in [-0.39, 0.29) is 33.0 Å². The summed E-state index contributed by atoms with van der Waals surface area (Å²) in [6.07, 6.45) is 6.68. The van der Waals surface area contributed by atoms with Crippen LogP contribution >= 0.6 is 23.2 Å². The Labute approximate surface area is 298 Å². The fraction of sp³-hybridized carbons (Fsp3) is 0.368. The Kier molecular flexibility index (Phi) is 13.5. The standard InChI is InChI=1S/C38H42Cl2N4O5/c1-26-32(8-5-10-35(26)47-14-6-13-44-11-2-3-12-44)33-9-4-7-29(38(33)40)25-49-37-17-36(48-24-28-15-27(18-41)19-42-20-28)30(16-34(37)39)21-43-31(22-45)23-46/h4-5,7-10,15-17,19-20,31,43,45-46H,2-3,6,11-14,21-25H2,1H3. The van der Waals surface area contributed by atoms with Gasteiger partial charge in [0.25, 0.3) is 0 Å². The van der Waals surface area contributed by atoms with Gasteiger partial charge in [-0.15, -0.1) is 0 Å². The number of aliphatic hydroxyl groups excluding tert-OH is 2. The summed E-state index contributed by atoms with van der Waals surface area (Å²) in [6.45, 7) is 6.26. The lowest BCUT2D eigenvalue weighted by Crippen LogP contribution is -2.35. The molecular formula is C38H42Cl2N4O5. The van der Waals surface area contributed by atoms with Crippen LogP contribution in [0.2, 0.25) is 10.0 Å². The summed E-state index contributed by atoms with van der Waals surface area (Å²) in [7, 11) is 0. The summed E-state index contributed by atoms with van der Waals surface area (Å²) >= 11 is 13.7. The van der Waals surface area contributed by atoms with E-state index in [9.17, 15) is 15.5 Å². The SMILES string of the molecule is Cc1c(OCCCN2CCCC2)cccc1-c1cccc(COc2cc(OCc3cncc(C#N)c3)c(CNC(CO)CO)cc2Cl)c1Cl. The van der Waals surface area contributed by atoms with Crippen molar-refractivity contribution >= 4 is 23.2 Å². The number of hydrogen-bond acceptors (Lipinski definition) is 9. The smallest absolute Gasteiger partial charge is 0.142 e. The number of aromatic nitrogens is 1. The van der Waals surface area contributed by atoms with Crippen molar-refractivity contribution in [1.82, 2.24) is 15.2 Å². The topological polar surface area (TPSA) is 120 Å². The van der Waals surface area contributed by atoms with Gasteiger partial charge in [0.05, 0.1) is 41.5 Å². The number of halogens is 2. The van der Waals surface area contributed by atoms with Gasteiger partial charge in [-0.05, 0) is 68.6 Å². The summed E-state index contributed by atoms with van der Waals surface area (Å²) < 4.78 is 18.6. The van der Waals surface area contributed by atoms with Crippen molar-refractivity contribution in [2.75, 3.05) is 39.5 Å². The van der Waals surface area contributed by atoms with Crippen LogP contribution in [0.5, 0.6) is 17.2 Å². The van der Waals surface area contributed by atoms with Crippen LogP contribution in [-0.4, -0.2) is 65.6 Å². The number of rotatable bonds is 17. The Morgan fingerprint density at radius 1 is 0.898 bits per heavy atom. The number of likely N-dealkylation sites (tertiary alicyclic amines) is 1. The van der Waals surface area contributed by atoms with Crippen molar-refractivity contribution < 1.29 is 24.4 Å². The normalized spacial score (nSPS) is 13.1. The molecule has 11 heteroatoms. The monoisotopic (exact) mass is 704 g/mol. The Hall–Kier alpha value is -3.88. The number of hydrogen-bond donors (Lipinski definition) is 3. The number of nitrogens with zero attached hydrogens (tertiary/aromatic N) is 3. The van der Waals surface area contributed by atoms with Gasteiger partial charge in [-0.25, -0.2) is 0 Å². The third-order valence-corrected chi connectivity index (χ3v) is 9.31. The number of ether oxygens (including phenoxy) is 3. The molecule has 1 fully saturated rings. The van der Waals surface area contributed by atoms with E-state index in [0.29, 0.717) is 39.3 Å². The van der Waals surface area contributed by atoms with E-state index in [1.807, 2.05) is 36.4 Å². The van der Waals surface area contributed by atoms with Crippen LogP contribution in [0, 0.1) is 18.3 Å². The van der Waals surface area contributed by atoms with Crippen molar-refractivity contribution in [2.24, 2.45) is 0 Å². The third-order valence-electron chi connectivity index (χ3n) is 8.57. The molecule has 258 valence electrons. The maximum Gasteiger partial charge on any atom is 0.142 e. The predicted octanol–water partition coefficient (Wildman–Crippen LogP) is 6.70. The molecule has 2 heterocycles. The molecule has 1 aliphatic rings. The van der Waals surface area contributed by atoms with E-state index in [1.54, 1.807) is 24.4 Å². The highest BCUT2D eigenvalue weighted by Crippen LogP contribution is 2.38. The van der Waals surface area contributed by atoms with Crippen molar-refractivity contribution in [1.29, 1.82) is 5.26 Å². The zero-order chi connectivity index (χ0) is 34.6. The van der Waals surface area contributed by atoms with E-state index in [0.717, 1.165) is 46.5 Å². The molecule has 0 amide bonds. The average Bonchev–Trinajstić information content (AvgIpc) is 3.65. The van der Waals surface area contributed by atoms with Gasteiger partial charge in [-0.3, -0.25) is 4.98 Å². The van der Waals surface area contributed by atoms with Crippen molar-refractivity contribution in [2.45, 2.75) is 52.0 Å². The Bertz CT molecular complexity index is 1740. The molecule has 0 saturated carbocycles. The number of benzene rings is 3. The highest BCUT2D eigenvalue weighted by Gasteiger charge is 2.17. The predicted molar refractivity (Wildman–Crippen MR) is 191 cm³/mol. The average molecular weight is 706 g/mol. The minimum absolute atomic E-state index is 0.147. The van der Waals surface area contributed by atoms with Crippen molar-refractivity contribution in [3.05, 3.63) is 105 Å². The molecule has 4 aromatic rings.